The van der Waals surface area contributed by atoms with Crippen molar-refractivity contribution >= 4 is 15.9 Å². The molecule has 1 atom stereocenters. The fourth-order valence-corrected chi connectivity index (χ4v) is 3.89. The minimum atomic E-state index is 0.0537. The summed E-state index contributed by atoms with van der Waals surface area (Å²) in [5, 5.41) is 2.40. The Morgan fingerprint density at radius 2 is 2.00 bits per heavy atom. The molecule has 0 amide bonds. The summed E-state index contributed by atoms with van der Waals surface area (Å²) in [6.07, 6.45) is 7.26. The van der Waals surface area contributed by atoms with E-state index in [-0.39, 0.29) is 5.54 Å². The van der Waals surface area contributed by atoms with E-state index in [0.29, 0.717) is 6.54 Å². The molecule has 1 aliphatic carbocycles. The normalized spacial score (nSPS) is 27.3. The van der Waals surface area contributed by atoms with Gasteiger partial charge in [-0.15, -0.1) is 0 Å². The van der Waals surface area contributed by atoms with Crippen molar-refractivity contribution < 1.29 is 0 Å². The monoisotopic (exact) mass is 337 g/mol. The summed E-state index contributed by atoms with van der Waals surface area (Å²) in [6.45, 7) is 3.03. The van der Waals surface area contributed by atoms with Crippen LogP contribution >= 0.6 is 15.9 Å². The number of hydrazine groups is 1. The van der Waals surface area contributed by atoms with Crippen LogP contribution in [0.2, 0.25) is 0 Å². The summed E-state index contributed by atoms with van der Waals surface area (Å²) in [5.41, 5.74) is 12.9. The van der Waals surface area contributed by atoms with Gasteiger partial charge < -0.3 is 5.73 Å². The van der Waals surface area contributed by atoms with Crippen LogP contribution in [0.3, 0.4) is 0 Å². The highest BCUT2D eigenvalue weighted by molar-refractivity contribution is 9.10. The number of nitrogens with two attached hydrogens (primary N) is 1. The Hall–Kier alpha value is -0.420. The predicted octanol–water partition coefficient (Wildman–Crippen LogP) is 2.63. The predicted molar refractivity (Wildman–Crippen MR) is 86.5 cm³/mol. The van der Waals surface area contributed by atoms with Crippen molar-refractivity contribution in [3.05, 3.63) is 33.8 Å². The summed E-state index contributed by atoms with van der Waals surface area (Å²) < 4.78 is 1.18. The molecule has 4 heteroatoms. The molecule has 1 unspecified atom stereocenters. The first-order chi connectivity index (χ1) is 9.71. The zero-order valence-electron chi connectivity index (χ0n) is 12.0. The Kier molecular flexibility index (Phi) is 4.46. The van der Waals surface area contributed by atoms with Crippen molar-refractivity contribution in [3.63, 3.8) is 0 Å². The topological polar surface area (TPSA) is 41.3 Å². The van der Waals surface area contributed by atoms with Crippen molar-refractivity contribution in [1.82, 2.24) is 10.4 Å². The quantitative estimate of drug-likeness (QED) is 0.890. The second-order valence-electron chi connectivity index (χ2n) is 6.23. The first-order valence-electron chi connectivity index (χ1n) is 7.71. The van der Waals surface area contributed by atoms with Crippen LogP contribution in [-0.2, 0) is 12.8 Å². The van der Waals surface area contributed by atoms with E-state index in [0.717, 1.165) is 32.4 Å². The molecule has 1 aromatic rings. The van der Waals surface area contributed by atoms with Gasteiger partial charge in [-0.2, -0.15) is 0 Å². The molecule has 0 radical (unpaired) electrons. The van der Waals surface area contributed by atoms with Gasteiger partial charge in [-0.05, 0) is 55.4 Å². The molecule has 2 aliphatic rings. The summed E-state index contributed by atoms with van der Waals surface area (Å²) >= 11 is 3.57. The summed E-state index contributed by atoms with van der Waals surface area (Å²) in [6, 6.07) is 6.66. The molecule has 3 nitrogen and oxygen atoms in total. The fourth-order valence-electron chi connectivity index (χ4n) is 3.48. The molecule has 1 aliphatic heterocycles. The fraction of sp³-hybridized carbons (Fsp3) is 0.625. The lowest BCUT2D eigenvalue weighted by molar-refractivity contribution is 0.0749. The number of nitrogens with zero attached hydrogens (tertiary/aromatic N) is 1. The number of nitrogens with one attached hydrogen (secondary N) is 1. The number of rotatable bonds is 3. The Labute approximate surface area is 130 Å². The Morgan fingerprint density at radius 3 is 2.75 bits per heavy atom. The number of halogens is 1. The summed E-state index contributed by atoms with van der Waals surface area (Å²) in [4.78, 5) is 0. The number of benzene rings is 1. The molecule has 1 fully saturated rings. The van der Waals surface area contributed by atoms with E-state index >= 15 is 0 Å². The third-order valence-electron chi connectivity index (χ3n) is 4.71. The third-order valence-corrected chi connectivity index (χ3v) is 5.21. The Morgan fingerprint density at radius 1 is 1.20 bits per heavy atom. The molecule has 0 aromatic heterocycles. The van der Waals surface area contributed by atoms with Gasteiger partial charge in [0.25, 0.3) is 0 Å². The molecular formula is C16H24BrN3. The average Bonchev–Trinajstić information content (AvgIpc) is 2.48. The Bertz CT molecular complexity index is 471. The molecule has 0 saturated carbocycles. The molecule has 1 heterocycles. The summed E-state index contributed by atoms with van der Waals surface area (Å²) in [5.74, 6) is 0. The van der Waals surface area contributed by atoms with Gasteiger partial charge >= 0.3 is 0 Å². The van der Waals surface area contributed by atoms with Crippen LogP contribution in [0.25, 0.3) is 0 Å². The van der Waals surface area contributed by atoms with E-state index in [1.165, 1.54) is 34.9 Å². The molecule has 20 heavy (non-hydrogen) atoms. The zero-order chi connectivity index (χ0) is 14.0. The van der Waals surface area contributed by atoms with Gasteiger partial charge in [0.1, 0.15) is 0 Å². The van der Waals surface area contributed by atoms with E-state index < -0.39 is 0 Å². The summed E-state index contributed by atoms with van der Waals surface area (Å²) in [7, 11) is 0. The van der Waals surface area contributed by atoms with Crippen LogP contribution in [0.4, 0.5) is 0 Å². The van der Waals surface area contributed by atoms with Crippen LogP contribution in [0.15, 0.2) is 22.7 Å². The SMILES string of the molecule is NCC1(NN2CCCCC2)CCc2cc(Br)ccc2C1. The lowest BCUT2D eigenvalue weighted by Crippen LogP contribution is -2.61. The molecule has 110 valence electrons. The second kappa shape index (κ2) is 6.14. The lowest BCUT2D eigenvalue weighted by Gasteiger charge is -2.43. The number of aryl methyl sites for hydroxylation is 1. The second-order valence-corrected chi connectivity index (χ2v) is 7.15. The molecule has 0 bridgehead atoms. The standard InChI is InChI=1S/C16H24BrN3/c17-15-5-4-14-11-16(12-18,7-6-13(14)10-15)19-20-8-2-1-3-9-20/h4-5,10,19H,1-3,6-9,11-12,18H2. The Balaban J connectivity index is 1.75. The van der Waals surface area contributed by atoms with Gasteiger partial charge in [0.2, 0.25) is 0 Å². The zero-order valence-corrected chi connectivity index (χ0v) is 13.6. The van der Waals surface area contributed by atoms with Gasteiger partial charge in [-0.1, -0.05) is 28.4 Å². The van der Waals surface area contributed by atoms with E-state index in [1.807, 2.05) is 0 Å². The van der Waals surface area contributed by atoms with Gasteiger partial charge in [0.15, 0.2) is 0 Å². The van der Waals surface area contributed by atoms with Crippen molar-refractivity contribution in [2.45, 2.75) is 44.1 Å². The smallest absolute Gasteiger partial charge is 0.0491 e. The van der Waals surface area contributed by atoms with Crippen LogP contribution in [-0.4, -0.2) is 30.2 Å². The molecule has 1 saturated heterocycles. The maximum atomic E-state index is 6.14. The van der Waals surface area contributed by atoms with Crippen molar-refractivity contribution in [2.75, 3.05) is 19.6 Å². The minimum Gasteiger partial charge on any atom is -0.329 e. The van der Waals surface area contributed by atoms with E-state index in [2.05, 4.69) is 44.6 Å². The van der Waals surface area contributed by atoms with Crippen LogP contribution in [0.5, 0.6) is 0 Å². The maximum absolute atomic E-state index is 6.14. The maximum Gasteiger partial charge on any atom is 0.0491 e. The van der Waals surface area contributed by atoms with Gasteiger partial charge in [0, 0.05) is 29.6 Å². The van der Waals surface area contributed by atoms with Gasteiger partial charge in [0.05, 0.1) is 0 Å². The van der Waals surface area contributed by atoms with Crippen molar-refractivity contribution in [2.24, 2.45) is 5.73 Å². The first-order valence-corrected chi connectivity index (χ1v) is 8.50. The first kappa shape index (κ1) is 14.5. The molecular weight excluding hydrogens is 314 g/mol. The van der Waals surface area contributed by atoms with Crippen LogP contribution in [0, 0.1) is 0 Å². The largest absolute Gasteiger partial charge is 0.329 e. The van der Waals surface area contributed by atoms with Gasteiger partial charge in [-0.25, -0.2) is 10.4 Å². The van der Waals surface area contributed by atoms with E-state index in [1.54, 1.807) is 0 Å². The number of hydrogen-bond donors (Lipinski definition) is 2. The highest BCUT2D eigenvalue weighted by Crippen LogP contribution is 2.30. The third kappa shape index (κ3) is 3.08. The lowest BCUT2D eigenvalue weighted by atomic mass is 9.78. The van der Waals surface area contributed by atoms with Crippen molar-refractivity contribution in [3.8, 4) is 0 Å². The molecule has 0 spiro atoms. The minimum absolute atomic E-state index is 0.0537. The van der Waals surface area contributed by atoms with E-state index in [9.17, 15) is 0 Å². The molecule has 1 aromatic carbocycles. The van der Waals surface area contributed by atoms with Gasteiger partial charge in [-0.3, -0.25) is 0 Å². The number of hydrogen-bond acceptors (Lipinski definition) is 3. The number of fused-ring (bicyclic) bond motifs is 1. The van der Waals surface area contributed by atoms with Crippen molar-refractivity contribution in [1.29, 1.82) is 0 Å². The van der Waals surface area contributed by atoms with E-state index in [4.69, 9.17) is 5.73 Å². The highest BCUT2D eigenvalue weighted by Gasteiger charge is 2.34. The highest BCUT2D eigenvalue weighted by atomic mass is 79.9. The average molecular weight is 338 g/mol. The van der Waals surface area contributed by atoms with Crippen LogP contribution < -0.4 is 11.2 Å². The molecule has 3 rings (SSSR count). The molecule has 3 N–H and O–H groups in total. The number of piperidine rings is 1. The van der Waals surface area contributed by atoms with Crippen LogP contribution in [0.1, 0.15) is 36.8 Å².